The number of aryl methyl sites for hydroxylation is 1. The summed E-state index contributed by atoms with van der Waals surface area (Å²) in [5.41, 5.74) is 4.53. The maximum absolute atomic E-state index is 13.6. The number of hydrogen-bond donors (Lipinski definition) is 1. The van der Waals surface area contributed by atoms with Gasteiger partial charge in [0.2, 0.25) is 0 Å². The third kappa shape index (κ3) is 4.80. The second kappa shape index (κ2) is 9.77. The molecule has 5 nitrogen and oxygen atoms in total. The van der Waals surface area contributed by atoms with Gasteiger partial charge in [0, 0.05) is 29.5 Å². The Hall–Kier alpha value is -3.15. The number of nitrogens with zero attached hydrogens (tertiary/aromatic N) is 2. The summed E-state index contributed by atoms with van der Waals surface area (Å²) in [5.74, 6) is -0.344. The smallest absolute Gasteiger partial charge is 0.259 e. The third-order valence-electron chi connectivity index (χ3n) is 6.16. The zero-order valence-corrected chi connectivity index (χ0v) is 19.9. The van der Waals surface area contributed by atoms with E-state index in [9.17, 15) is 9.59 Å². The van der Waals surface area contributed by atoms with Crippen LogP contribution in [0.4, 0.5) is 11.4 Å². The van der Waals surface area contributed by atoms with Gasteiger partial charge in [-0.3, -0.25) is 9.59 Å². The van der Waals surface area contributed by atoms with Gasteiger partial charge >= 0.3 is 0 Å². The van der Waals surface area contributed by atoms with Crippen LogP contribution in [-0.2, 0) is 0 Å². The first-order chi connectivity index (χ1) is 15.9. The van der Waals surface area contributed by atoms with E-state index >= 15 is 0 Å². The molecule has 0 saturated heterocycles. The Balaban J connectivity index is 1.59. The van der Waals surface area contributed by atoms with Gasteiger partial charge in [0.25, 0.3) is 11.8 Å². The topological polar surface area (TPSA) is 52.7 Å². The number of fused-ring (bicyclic) bond motifs is 1. The Morgan fingerprint density at radius 1 is 1.00 bits per heavy atom. The van der Waals surface area contributed by atoms with E-state index in [1.54, 1.807) is 24.3 Å². The summed E-state index contributed by atoms with van der Waals surface area (Å²) < 4.78 is 0. The highest BCUT2D eigenvalue weighted by Gasteiger charge is 2.28. The number of para-hydroxylation sites is 1. The maximum Gasteiger partial charge on any atom is 0.259 e. The second-order valence-electron chi connectivity index (χ2n) is 8.60. The first kappa shape index (κ1) is 23.0. The van der Waals surface area contributed by atoms with Gasteiger partial charge in [-0.1, -0.05) is 48.0 Å². The zero-order chi connectivity index (χ0) is 23.5. The standard InChI is InChI=1S/C27H28ClN3O2/c1-18-9-4-5-10-20(18)26(32)29-19-14-15-21(23(28)17-19)27(33)31-16-8-13-24(30(2)3)22-11-6-7-12-25(22)31/h4-7,9-12,14-15,17,24H,8,13,16H2,1-3H3,(H,29,32). The fraction of sp³-hybridized carbons (Fsp3) is 0.259. The van der Waals surface area contributed by atoms with Gasteiger partial charge in [0.15, 0.2) is 0 Å². The number of carbonyl (C=O) groups excluding carboxylic acids is 2. The Kier molecular flexibility index (Phi) is 6.82. The predicted molar refractivity (Wildman–Crippen MR) is 134 cm³/mol. The molecule has 1 aliphatic heterocycles. The van der Waals surface area contributed by atoms with Crippen LogP contribution in [0, 0.1) is 6.92 Å². The molecule has 1 atom stereocenters. The highest BCUT2D eigenvalue weighted by molar-refractivity contribution is 6.35. The van der Waals surface area contributed by atoms with E-state index in [0.29, 0.717) is 28.4 Å². The second-order valence-corrected chi connectivity index (χ2v) is 9.01. The van der Waals surface area contributed by atoms with E-state index in [1.165, 1.54) is 0 Å². The zero-order valence-electron chi connectivity index (χ0n) is 19.1. The molecule has 0 aliphatic carbocycles. The van der Waals surface area contributed by atoms with Gasteiger partial charge in [0.05, 0.1) is 10.6 Å². The molecule has 1 heterocycles. The van der Waals surface area contributed by atoms with E-state index in [-0.39, 0.29) is 17.9 Å². The quantitative estimate of drug-likeness (QED) is 0.522. The van der Waals surface area contributed by atoms with Crippen LogP contribution in [0.25, 0.3) is 0 Å². The molecule has 1 unspecified atom stereocenters. The average molecular weight is 462 g/mol. The number of amides is 2. The molecule has 3 aromatic rings. The van der Waals surface area contributed by atoms with Crippen LogP contribution in [0.15, 0.2) is 66.7 Å². The molecular formula is C27H28ClN3O2. The monoisotopic (exact) mass is 461 g/mol. The maximum atomic E-state index is 13.6. The molecule has 0 saturated carbocycles. The molecule has 1 N–H and O–H groups in total. The van der Waals surface area contributed by atoms with Gasteiger partial charge < -0.3 is 15.1 Å². The molecule has 0 bridgehead atoms. The van der Waals surface area contributed by atoms with Gasteiger partial charge in [-0.25, -0.2) is 0 Å². The summed E-state index contributed by atoms with van der Waals surface area (Å²) >= 11 is 6.54. The van der Waals surface area contributed by atoms with Crippen molar-refractivity contribution in [2.45, 2.75) is 25.8 Å². The van der Waals surface area contributed by atoms with E-state index in [2.05, 4.69) is 30.4 Å². The molecule has 33 heavy (non-hydrogen) atoms. The lowest BCUT2D eigenvalue weighted by atomic mass is 10.0. The van der Waals surface area contributed by atoms with Crippen molar-refractivity contribution in [2.75, 3.05) is 30.9 Å². The lowest BCUT2D eigenvalue weighted by Crippen LogP contribution is -2.32. The van der Waals surface area contributed by atoms with Crippen molar-refractivity contribution in [3.63, 3.8) is 0 Å². The number of anilines is 2. The molecule has 2 amide bonds. The molecule has 0 spiro atoms. The molecule has 170 valence electrons. The number of rotatable bonds is 4. The SMILES string of the molecule is Cc1ccccc1C(=O)Nc1ccc(C(=O)N2CCCC(N(C)C)c3ccccc32)c(Cl)c1. The van der Waals surface area contributed by atoms with Crippen LogP contribution in [0.1, 0.15) is 50.7 Å². The Morgan fingerprint density at radius 2 is 1.73 bits per heavy atom. The van der Waals surface area contributed by atoms with Crippen LogP contribution in [0.3, 0.4) is 0 Å². The summed E-state index contributed by atoms with van der Waals surface area (Å²) in [6.07, 6.45) is 1.87. The highest BCUT2D eigenvalue weighted by atomic mass is 35.5. The molecule has 6 heteroatoms. The lowest BCUT2D eigenvalue weighted by molar-refractivity contribution is 0.0985. The van der Waals surface area contributed by atoms with Crippen molar-refractivity contribution in [1.82, 2.24) is 4.90 Å². The predicted octanol–water partition coefficient (Wildman–Crippen LogP) is 5.94. The van der Waals surface area contributed by atoms with Crippen molar-refractivity contribution in [3.8, 4) is 0 Å². The van der Waals surface area contributed by atoms with Gasteiger partial charge in [-0.2, -0.15) is 0 Å². The summed E-state index contributed by atoms with van der Waals surface area (Å²) in [7, 11) is 4.14. The fourth-order valence-corrected chi connectivity index (χ4v) is 4.68. The van der Waals surface area contributed by atoms with E-state index < -0.39 is 0 Å². The number of nitrogens with one attached hydrogen (secondary N) is 1. The molecule has 1 aliphatic rings. The van der Waals surface area contributed by atoms with Crippen molar-refractivity contribution in [2.24, 2.45) is 0 Å². The number of halogens is 1. The van der Waals surface area contributed by atoms with Gasteiger partial charge in [0.1, 0.15) is 0 Å². The summed E-state index contributed by atoms with van der Waals surface area (Å²) in [6.45, 7) is 2.52. The summed E-state index contributed by atoms with van der Waals surface area (Å²) in [6, 6.07) is 20.8. The normalized spacial score (nSPS) is 15.7. The Morgan fingerprint density at radius 3 is 2.45 bits per heavy atom. The molecular weight excluding hydrogens is 434 g/mol. The molecule has 0 radical (unpaired) electrons. The van der Waals surface area contributed by atoms with Crippen LogP contribution in [-0.4, -0.2) is 37.4 Å². The van der Waals surface area contributed by atoms with E-state index in [0.717, 1.165) is 29.7 Å². The minimum absolute atomic E-state index is 0.136. The minimum Gasteiger partial charge on any atom is -0.322 e. The molecule has 0 fully saturated rings. The van der Waals surface area contributed by atoms with Gasteiger partial charge in [-0.05, 0) is 75.3 Å². The minimum atomic E-state index is -0.209. The number of benzene rings is 3. The summed E-state index contributed by atoms with van der Waals surface area (Å²) in [4.78, 5) is 30.2. The largest absolute Gasteiger partial charge is 0.322 e. The fourth-order valence-electron chi connectivity index (χ4n) is 4.42. The van der Waals surface area contributed by atoms with Crippen molar-refractivity contribution >= 4 is 34.8 Å². The third-order valence-corrected chi connectivity index (χ3v) is 6.47. The van der Waals surface area contributed by atoms with Crippen LogP contribution < -0.4 is 10.2 Å². The molecule has 0 aromatic heterocycles. The average Bonchev–Trinajstić information content (AvgIpc) is 2.99. The number of carbonyl (C=O) groups is 2. The molecule has 4 rings (SSSR count). The van der Waals surface area contributed by atoms with Gasteiger partial charge in [-0.15, -0.1) is 0 Å². The highest BCUT2D eigenvalue weighted by Crippen LogP contribution is 2.36. The first-order valence-electron chi connectivity index (χ1n) is 11.1. The number of hydrogen-bond acceptors (Lipinski definition) is 3. The van der Waals surface area contributed by atoms with Crippen LogP contribution in [0.2, 0.25) is 5.02 Å². The van der Waals surface area contributed by atoms with Crippen LogP contribution >= 0.6 is 11.6 Å². The lowest BCUT2D eigenvalue weighted by Gasteiger charge is -2.27. The van der Waals surface area contributed by atoms with Crippen molar-refractivity contribution in [1.29, 1.82) is 0 Å². The Labute approximate surface area is 200 Å². The Bertz CT molecular complexity index is 1190. The van der Waals surface area contributed by atoms with Crippen LogP contribution in [0.5, 0.6) is 0 Å². The van der Waals surface area contributed by atoms with Crippen molar-refractivity contribution in [3.05, 3.63) is 94.0 Å². The van der Waals surface area contributed by atoms with E-state index in [4.69, 9.17) is 11.6 Å². The summed E-state index contributed by atoms with van der Waals surface area (Å²) in [5, 5.41) is 3.19. The molecule has 3 aromatic carbocycles. The van der Waals surface area contributed by atoms with E-state index in [1.807, 2.05) is 48.2 Å². The first-order valence-corrected chi connectivity index (χ1v) is 11.5. The van der Waals surface area contributed by atoms with Crippen molar-refractivity contribution < 1.29 is 9.59 Å².